The highest BCUT2D eigenvalue weighted by atomic mass is 16.2. The summed E-state index contributed by atoms with van der Waals surface area (Å²) in [6.45, 7) is 6.33. The highest BCUT2D eigenvalue weighted by molar-refractivity contribution is 6.01. The fourth-order valence-electron chi connectivity index (χ4n) is 3.64. The number of carbonyl (C=O) groups is 1. The summed E-state index contributed by atoms with van der Waals surface area (Å²) < 4.78 is 1.80. The molecule has 0 bridgehead atoms. The van der Waals surface area contributed by atoms with Gasteiger partial charge in [-0.2, -0.15) is 0 Å². The van der Waals surface area contributed by atoms with E-state index >= 15 is 0 Å². The van der Waals surface area contributed by atoms with Crippen LogP contribution in [-0.2, 0) is 12.8 Å². The van der Waals surface area contributed by atoms with Gasteiger partial charge in [0.15, 0.2) is 0 Å². The van der Waals surface area contributed by atoms with Crippen LogP contribution >= 0.6 is 0 Å². The van der Waals surface area contributed by atoms with Crippen LogP contribution in [0.3, 0.4) is 0 Å². The Morgan fingerprint density at radius 2 is 1.59 bits per heavy atom. The maximum absolute atomic E-state index is 12.9. The summed E-state index contributed by atoms with van der Waals surface area (Å²) in [6, 6.07) is 26.2. The van der Waals surface area contributed by atoms with Gasteiger partial charge in [0.25, 0.3) is 5.91 Å². The summed E-state index contributed by atoms with van der Waals surface area (Å²) in [4.78, 5) is 17.6. The number of hydrogen-bond donors (Lipinski definition) is 1. The molecule has 0 aliphatic heterocycles. The van der Waals surface area contributed by atoms with E-state index in [0.29, 0.717) is 12.3 Å². The van der Waals surface area contributed by atoms with Crippen LogP contribution in [0.25, 0.3) is 5.69 Å². The standard InChI is InChI=1S/C27H28N4O/c1-19(2)22-14-16-23(17-15-22)28-27(32)26-29-25(18-13-21-10-5-4-6-11-21)31(30-26)24-12-8-7-9-20(24)3/h4-12,14-17,19H,13,18H2,1-3H3,(H,28,32). The molecule has 0 spiro atoms. The maximum atomic E-state index is 12.9. The number of amides is 1. The third-order valence-corrected chi connectivity index (χ3v) is 5.54. The van der Waals surface area contributed by atoms with E-state index in [1.165, 1.54) is 11.1 Å². The highest BCUT2D eigenvalue weighted by Crippen LogP contribution is 2.19. The molecule has 4 aromatic rings. The van der Waals surface area contributed by atoms with Gasteiger partial charge in [0, 0.05) is 12.1 Å². The second-order valence-corrected chi connectivity index (χ2v) is 8.27. The third-order valence-electron chi connectivity index (χ3n) is 5.54. The van der Waals surface area contributed by atoms with Crippen molar-refractivity contribution in [3.63, 3.8) is 0 Å². The summed E-state index contributed by atoms with van der Waals surface area (Å²) in [6.07, 6.45) is 1.50. The largest absolute Gasteiger partial charge is 0.319 e. The number of aryl methyl sites for hydroxylation is 3. The predicted molar refractivity (Wildman–Crippen MR) is 128 cm³/mol. The van der Waals surface area contributed by atoms with Gasteiger partial charge in [0.1, 0.15) is 5.82 Å². The van der Waals surface area contributed by atoms with Gasteiger partial charge >= 0.3 is 0 Å². The van der Waals surface area contributed by atoms with Crippen LogP contribution in [-0.4, -0.2) is 20.7 Å². The minimum absolute atomic E-state index is 0.171. The number of nitrogens with zero attached hydrogens (tertiary/aromatic N) is 3. The Balaban J connectivity index is 1.60. The average Bonchev–Trinajstić information content (AvgIpc) is 3.23. The molecule has 0 saturated heterocycles. The fourth-order valence-corrected chi connectivity index (χ4v) is 3.64. The Kier molecular flexibility index (Phi) is 6.45. The molecule has 1 aromatic heterocycles. The van der Waals surface area contributed by atoms with Crippen molar-refractivity contribution in [1.82, 2.24) is 14.8 Å². The number of anilines is 1. The predicted octanol–water partition coefficient (Wildman–Crippen LogP) is 5.74. The summed E-state index contributed by atoms with van der Waals surface area (Å²) in [5.41, 5.74) is 5.20. The molecule has 1 N–H and O–H groups in total. The molecule has 1 amide bonds. The van der Waals surface area contributed by atoms with Crippen molar-refractivity contribution in [2.45, 2.75) is 39.5 Å². The van der Waals surface area contributed by atoms with Crippen molar-refractivity contribution in [3.8, 4) is 5.69 Å². The maximum Gasteiger partial charge on any atom is 0.295 e. The van der Waals surface area contributed by atoms with Crippen LogP contribution in [0.1, 0.15) is 52.9 Å². The molecule has 1 heterocycles. The van der Waals surface area contributed by atoms with E-state index in [0.717, 1.165) is 29.2 Å². The van der Waals surface area contributed by atoms with Crippen molar-refractivity contribution >= 4 is 11.6 Å². The molecule has 0 atom stereocenters. The zero-order valence-electron chi connectivity index (χ0n) is 18.7. The van der Waals surface area contributed by atoms with Gasteiger partial charge in [-0.1, -0.05) is 74.5 Å². The Hall–Kier alpha value is -3.73. The van der Waals surface area contributed by atoms with Gasteiger partial charge in [-0.05, 0) is 54.2 Å². The summed E-state index contributed by atoms with van der Waals surface area (Å²) in [5.74, 6) is 1.07. The fraction of sp³-hybridized carbons (Fsp3) is 0.222. The number of aromatic nitrogens is 3. The lowest BCUT2D eigenvalue weighted by molar-refractivity contribution is 0.101. The van der Waals surface area contributed by atoms with Crippen LogP contribution in [0.2, 0.25) is 0 Å². The van der Waals surface area contributed by atoms with Crippen LogP contribution < -0.4 is 5.32 Å². The summed E-state index contributed by atoms with van der Waals surface area (Å²) in [5, 5.41) is 7.52. The molecule has 5 nitrogen and oxygen atoms in total. The molecular weight excluding hydrogens is 396 g/mol. The van der Waals surface area contributed by atoms with Crippen LogP contribution in [0.4, 0.5) is 5.69 Å². The molecular formula is C27H28N4O. The molecule has 0 aliphatic carbocycles. The normalized spacial score (nSPS) is 11.0. The van der Waals surface area contributed by atoms with E-state index in [2.05, 4.69) is 41.4 Å². The Bertz CT molecular complexity index is 1190. The van der Waals surface area contributed by atoms with E-state index in [1.54, 1.807) is 4.68 Å². The lowest BCUT2D eigenvalue weighted by Gasteiger charge is -2.08. The highest BCUT2D eigenvalue weighted by Gasteiger charge is 2.18. The zero-order valence-corrected chi connectivity index (χ0v) is 18.7. The van der Waals surface area contributed by atoms with Crippen molar-refractivity contribution < 1.29 is 4.79 Å². The Morgan fingerprint density at radius 1 is 0.906 bits per heavy atom. The lowest BCUT2D eigenvalue weighted by Crippen LogP contribution is -2.14. The van der Waals surface area contributed by atoms with Crippen molar-refractivity contribution in [1.29, 1.82) is 0 Å². The quantitative estimate of drug-likeness (QED) is 0.412. The molecule has 0 fully saturated rings. The summed E-state index contributed by atoms with van der Waals surface area (Å²) >= 11 is 0. The van der Waals surface area contributed by atoms with Gasteiger partial charge in [0.05, 0.1) is 5.69 Å². The smallest absolute Gasteiger partial charge is 0.295 e. The third kappa shape index (κ3) is 4.94. The van der Waals surface area contributed by atoms with Crippen LogP contribution in [0.5, 0.6) is 0 Å². The second kappa shape index (κ2) is 9.60. The molecule has 0 aliphatic rings. The molecule has 5 heteroatoms. The van der Waals surface area contributed by atoms with E-state index in [-0.39, 0.29) is 11.7 Å². The SMILES string of the molecule is Cc1ccccc1-n1nc(C(=O)Nc2ccc(C(C)C)cc2)nc1CCc1ccccc1. The number of para-hydroxylation sites is 1. The molecule has 0 unspecified atom stereocenters. The number of benzene rings is 3. The lowest BCUT2D eigenvalue weighted by atomic mass is 10.0. The molecule has 0 saturated carbocycles. The molecule has 3 aromatic carbocycles. The Labute approximate surface area is 189 Å². The van der Waals surface area contributed by atoms with Gasteiger partial charge in [-0.15, -0.1) is 5.10 Å². The van der Waals surface area contributed by atoms with Gasteiger partial charge < -0.3 is 5.32 Å². The molecule has 4 rings (SSSR count). The average molecular weight is 425 g/mol. The van der Waals surface area contributed by atoms with Crippen molar-refractivity contribution in [2.75, 3.05) is 5.32 Å². The number of carbonyl (C=O) groups excluding carboxylic acids is 1. The first-order chi connectivity index (χ1) is 15.5. The van der Waals surface area contributed by atoms with E-state index in [1.807, 2.05) is 73.7 Å². The van der Waals surface area contributed by atoms with Crippen molar-refractivity contribution in [2.24, 2.45) is 0 Å². The van der Waals surface area contributed by atoms with Gasteiger partial charge in [-0.25, -0.2) is 9.67 Å². The second-order valence-electron chi connectivity index (χ2n) is 8.27. The monoisotopic (exact) mass is 424 g/mol. The van der Waals surface area contributed by atoms with E-state index in [4.69, 9.17) is 0 Å². The Morgan fingerprint density at radius 3 is 2.28 bits per heavy atom. The number of rotatable bonds is 7. The molecule has 162 valence electrons. The van der Waals surface area contributed by atoms with E-state index in [9.17, 15) is 4.79 Å². The van der Waals surface area contributed by atoms with Gasteiger partial charge in [-0.3, -0.25) is 4.79 Å². The molecule has 0 radical (unpaired) electrons. The van der Waals surface area contributed by atoms with Gasteiger partial charge in [0.2, 0.25) is 5.82 Å². The minimum Gasteiger partial charge on any atom is -0.319 e. The summed E-state index contributed by atoms with van der Waals surface area (Å²) in [7, 11) is 0. The van der Waals surface area contributed by atoms with Crippen LogP contribution in [0, 0.1) is 6.92 Å². The first-order valence-electron chi connectivity index (χ1n) is 11.0. The number of hydrogen-bond acceptors (Lipinski definition) is 3. The first kappa shape index (κ1) is 21.5. The van der Waals surface area contributed by atoms with Crippen LogP contribution in [0.15, 0.2) is 78.9 Å². The van der Waals surface area contributed by atoms with E-state index < -0.39 is 0 Å². The minimum atomic E-state index is -0.310. The number of nitrogens with one attached hydrogen (secondary N) is 1. The zero-order chi connectivity index (χ0) is 22.5. The van der Waals surface area contributed by atoms with Crippen molar-refractivity contribution in [3.05, 3.63) is 107 Å². The topological polar surface area (TPSA) is 59.8 Å². The molecule has 32 heavy (non-hydrogen) atoms. The first-order valence-corrected chi connectivity index (χ1v) is 11.0.